The Morgan fingerprint density at radius 3 is 1.61 bits per heavy atom. The summed E-state index contributed by atoms with van der Waals surface area (Å²) in [5.74, 6) is 0.0488. The standard InChI is InChI=1S/C34H44O2/c1-26(16-11-18-28(3)20-13-21-31(6)35)14-9-10-15-27(2)17-12-19-29(4)22-23-33-30(5)24-32(36)25-34(33,7)8/h9-24,32,36H,25H2,1-8H3. The molecule has 0 saturated carbocycles. The van der Waals surface area contributed by atoms with Crippen molar-refractivity contribution >= 4 is 5.78 Å². The van der Waals surface area contributed by atoms with Crippen molar-refractivity contribution in [1.82, 2.24) is 0 Å². The molecule has 1 unspecified atom stereocenters. The molecule has 0 bridgehead atoms. The van der Waals surface area contributed by atoms with Crippen LogP contribution < -0.4 is 0 Å². The van der Waals surface area contributed by atoms with Gasteiger partial charge < -0.3 is 5.11 Å². The predicted molar refractivity (Wildman–Crippen MR) is 158 cm³/mol. The number of rotatable bonds is 10. The molecule has 192 valence electrons. The summed E-state index contributed by atoms with van der Waals surface area (Å²) in [5, 5.41) is 10.0. The molecule has 0 fully saturated rings. The Hall–Kier alpha value is -3.23. The Balaban J connectivity index is 2.66. The van der Waals surface area contributed by atoms with E-state index in [1.807, 2.05) is 43.4 Å². The molecule has 0 saturated heterocycles. The summed E-state index contributed by atoms with van der Waals surface area (Å²) in [6.45, 7) is 16.2. The van der Waals surface area contributed by atoms with E-state index in [9.17, 15) is 9.90 Å². The van der Waals surface area contributed by atoms with Gasteiger partial charge in [-0.15, -0.1) is 0 Å². The molecule has 0 amide bonds. The summed E-state index contributed by atoms with van der Waals surface area (Å²) < 4.78 is 0. The third-order valence-electron chi connectivity index (χ3n) is 5.78. The van der Waals surface area contributed by atoms with Crippen LogP contribution in [-0.2, 0) is 4.79 Å². The zero-order valence-corrected chi connectivity index (χ0v) is 23.4. The number of aliphatic hydroxyl groups is 1. The van der Waals surface area contributed by atoms with E-state index >= 15 is 0 Å². The lowest BCUT2D eigenvalue weighted by Crippen LogP contribution is -2.26. The van der Waals surface area contributed by atoms with Crippen molar-refractivity contribution in [3.63, 3.8) is 0 Å². The van der Waals surface area contributed by atoms with Gasteiger partial charge in [0.05, 0.1) is 6.10 Å². The van der Waals surface area contributed by atoms with E-state index in [-0.39, 0.29) is 17.3 Å². The zero-order chi connectivity index (χ0) is 27.1. The number of carbonyl (C=O) groups excluding carboxylic acids is 1. The van der Waals surface area contributed by atoms with Crippen molar-refractivity contribution in [3.8, 4) is 0 Å². The molecule has 0 aromatic carbocycles. The SMILES string of the molecule is CC(=O)C=CC=C(C)C=CC=C(C)C=CC=CC(C)=CC=CC(C)=CC=C1C(C)=CC(O)CC1(C)C. The van der Waals surface area contributed by atoms with Crippen LogP contribution in [0.4, 0.5) is 0 Å². The van der Waals surface area contributed by atoms with E-state index in [1.165, 1.54) is 16.7 Å². The average Bonchev–Trinajstić information content (AvgIpc) is 2.75. The third kappa shape index (κ3) is 13.0. The van der Waals surface area contributed by atoms with Crippen LogP contribution in [0.5, 0.6) is 0 Å². The highest BCUT2D eigenvalue weighted by Crippen LogP contribution is 2.40. The van der Waals surface area contributed by atoms with Crippen molar-refractivity contribution < 1.29 is 9.90 Å². The lowest BCUT2D eigenvalue weighted by molar-refractivity contribution is -0.112. The van der Waals surface area contributed by atoms with Crippen molar-refractivity contribution in [2.75, 3.05) is 0 Å². The largest absolute Gasteiger partial charge is 0.389 e. The molecule has 1 atom stereocenters. The van der Waals surface area contributed by atoms with Crippen molar-refractivity contribution in [3.05, 3.63) is 131 Å². The number of aliphatic hydroxyl groups excluding tert-OH is 1. The first-order valence-electron chi connectivity index (χ1n) is 12.6. The van der Waals surface area contributed by atoms with Gasteiger partial charge in [-0.1, -0.05) is 127 Å². The van der Waals surface area contributed by atoms with Crippen LogP contribution >= 0.6 is 0 Å². The second kappa shape index (κ2) is 15.7. The van der Waals surface area contributed by atoms with Gasteiger partial charge in [-0.25, -0.2) is 0 Å². The molecular weight excluding hydrogens is 440 g/mol. The first kappa shape index (κ1) is 30.8. The van der Waals surface area contributed by atoms with Gasteiger partial charge in [-0.2, -0.15) is 0 Å². The quantitative estimate of drug-likeness (QED) is 0.248. The Labute approximate surface area is 219 Å². The third-order valence-corrected chi connectivity index (χ3v) is 5.78. The lowest BCUT2D eigenvalue weighted by Gasteiger charge is -2.34. The first-order chi connectivity index (χ1) is 16.9. The Morgan fingerprint density at radius 2 is 1.17 bits per heavy atom. The summed E-state index contributed by atoms with van der Waals surface area (Å²) in [7, 11) is 0. The molecule has 0 aromatic rings. The van der Waals surface area contributed by atoms with Crippen molar-refractivity contribution in [2.45, 2.75) is 67.9 Å². The van der Waals surface area contributed by atoms with E-state index in [2.05, 4.69) is 90.2 Å². The van der Waals surface area contributed by atoms with Gasteiger partial charge in [0.1, 0.15) is 0 Å². The number of carbonyl (C=O) groups is 1. The maximum Gasteiger partial charge on any atom is 0.152 e. The van der Waals surface area contributed by atoms with Crippen LogP contribution in [0.1, 0.15) is 61.8 Å². The molecule has 1 N–H and O–H groups in total. The minimum absolute atomic E-state index is 0.0259. The molecule has 0 heterocycles. The van der Waals surface area contributed by atoms with Gasteiger partial charge in [0.15, 0.2) is 5.78 Å². The van der Waals surface area contributed by atoms with E-state index < -0.39 is 0 Å². The molecule has 2 nitrogen and oxygen atoms in total. The molecule has 0 spiro atoms. The van der Waals surface area contributed by atoms with Crippen LogP contribution in [0, 0.1) is 5.41 Å². The van der Waals surface area contributed by atoms with Crippen LogP contribution in [0.3, 0.4) is 0 Å². The normalized spacial score (nSPS) is 21.8. The lowest BCUT2D eigenvalue weighted by atomic mass is 9.72. The highest BCUT2D eigenvalue weighted by Gasteiger charge is 2.30. The zero-order valence-electron chi connectivity index (χ0n) is 23.4. The minimum Gasteiger partial charge on any atom is -0.389 e. The van der Waals surface area contributed by atoms with Gasteiger partial charge in [0.2, 0.25) is 0 Å². The molecular formula is C34H44O2. The van der Waals surface area contributed by atoms with Crippen molar-refractivity contribution in [1.29, 1.82) is 0 Å². The minimum atomic E-state index is -0.352. The molecule has 1 aliphatic carbocycles. The van der Waals surface area contributed by atoms with Gasteiger partial charge in [0, 0.05) is 0 Å². The van der Waals surface area contributed by atoms with Crippen LogP contribution in [-0.4, -0.2) is 17.0 Å². The van der Waals surface area contributed by atoms with Crippen molar-refractivity contribution in [2.24, 2.45) is 5.41 Å². The monoisotopic (exact) mass is 484 g/mol. The van der Waals surface area contributed by atoms with Gasteiger partial charge >= 0.3 is 0 Å². The Kier molecular flexibility index (Phi) is 13.4. The molecule has 0 radical (unpaired) electrons. The van der Waals surface area contributed by atoms with Gasteiger partial charge in [-0.3, -0.25) is 4.79 Å². The Bertz CT molecular complexity index is 1100. The fraction of sp³-hybridized carbons (Fsp3) is 0.324. The maximum absolute atomic E-state index is 10.9. The summed E-state index contributed by atoms with van der Waals surface area (Å²) in [6, 6.07) is 0. The van der Waals surface area contributed by atoms with Gasteiger partial charge in [0.25, 0.3) is 0 Å². The molecule has 1 rings (SSSR count). The second-order valence-electron chi connectivity index (χ2n) is 10.1. The van der Waals surface area contributed by atoms with Gasteiger partial charge in [-0.05, 0) is 70.6 Å². The predicted octanol–water partition coefficient (Wildman–Crippen LogP) is 8.81. The smallest absolute Gasteiger partial charge is 0.152 e. The molecule has 36 heavy (non-hydrogen) atoms. The molecule has 2 heteroatoms. The number of allylic oxidation sites excluding steroid dienone is 21. The first-order valence-corrected chi connectivity index (χ1v) is 12.6. The van der Waals surface area contributed by atoms with E-state index in [1.54, 1.807) is 19.1 Å². The highest BCUT2D eigenvalue weighted by atomic mass is 16.3. The topological polar surface area (TPSA) is 37.3 Å². The number of hydrogen-bond acceptors (Lipinski definition) is 2. The molecule has 1 aliphatic rings. The summed E-state index contributed by atoms with van der Waals surface area (Å²) in [4.78, 5) is 10.9. The second-order valence-corrected chi connectivity index (χ2v) is 10.1. The van der Waals surface area contributed by atoms with E-state index in [0.29, 0.717) is 0 Å². The average molecular weight is 485 g/mol. The maximum atomic E-state index is 10.9. The molecule has 0 aliphatic heterocycles. The van der Waals surface area contributed by atoms with Crippen LogP contribution in [0.15, 0.2) is 131 Å². The van der Waals surface area contributed by atoms with E-state index in [0.717, 1.165) is 23.1 Å². The summed E-state index contributed by atoms with van der Waals surface area (Å²) >= 11 is 0. The van der Waals surface area contributed by atoms with Crippen LogP contribution in [0.25, 0.3) is 0 Å². The molecule has 0 aromatic heterocycles. The summed E-state index contributed by atoms with van der Waals surface area (Å²) in [5.41, 5.74) is 7.01. The fourth-order valence-corrected chi connectivity index (χ4v) is 3.85. The number of ketones is 1. The summed E-state index contributed by atoms with van der Waals surface area (Å²) in [6.07, 6.45) is 32.5. The fourth-order valence-electron chi connectivity index (χ4n) is 3.85. The number of hydrogen-bond donors (Lipinski definition) is 1. The Morgan fingerprint density at radius 1 is 0.750 bits per heavy atom. The van der Waals surface area contributed by atoms with E-state index in [4.69, 9.17) is 0 Å². The van der Waals surface area contributed by atoms with Crippen LogP contribution in [0.2, 0.25) is 0 Å². The highest BCUT2D eigenvalue weighted by molar-refractivity contribution is 5.87.